The van der Waals surface area contributed by atoms with E-state index in [1.165, 1.54) is 16.8 Å². The summed E-state index contributed by atoms with van der Waals surface area (Å²) in [4.78, 5) is 2.19. The first-order valence-corrected chi connectivity index (χ1v) is 7.24. The topological polar surface area (TPSA) is 38.5 Å². The standard InChI is InChI=1S/C18H24N2O/c1-13-5-10-18(15(11-13)12-14(2)19)20(3)16-6-8-17(21-4)9-7-16/h5-11,14H,12,19H2,1-4H3. The van der Waals surface area contributed by atoms with Gasteiger partial charge in [-0.3, -0.25) is 0 Å². The van der Waals surface area contributed by atoms with Gasteiger partial charge in [0.1, 0.15) is 5.75 Å². The van der Waals surface area contributed by atoms with E-state index in [2.05, 4.69) is 49.2 Å². The maximum absolute atomic E-state index is 5.99. The van der Waals surface area contributed by atoms with Crippen LogP contribution in [0.2, 0.25) is 0 Å². The van der Waals surface area contributed by atoms with Crippen LogP contribution in [0.5, 0.6) is 5.75 Å². The molecule has 3 heteroatoms. The summed E-state index contributed by atoms with van der Waals surface area (Å²) >= 11 is 0. The zero-order valence-corrected chi connectivity index (χ0v) is 13.3. The van der Waals surface area contributed by atoms with Gasteiger partial charge in [0.25, 0.3) is 0 Å². The summed E-state index contributed by atoms with van der Waals surface area (Å²) < 4.78 is 5.21. The highest BCUT2D eigenvalue weighted by Crippen LogP contribution is 2.29. The zero-order chi connectivity index (χ0) is 15.4. The number of hydrogen-bond acceptors (Lipinski definition) is 3. The number of rotatable bonds is 5. The molecule has 0 aromatic heterocycles. The Hall–Kier alpha value is -2.00. The van der Waals surface area contributed by atoms with Crippen molar-refractivity contribution in [2.75, 3.05) is 19.1 Å². The van der Waals surface area contributed by atoms with Gasteiger partial charge in [-0.05, 0) is 56.2 Å². The van der Waals surface area contributed by atoms with Crippen molar-refractivity contribution in [3.05, 3.63) is 53.6 Å². The molecule has 1 unspecified atom stereocenters. The Morgan fingerprint density at radius 1 is 1.14 bits per heavy atom. The number of aryl methyl sites for hydroxylation is 1. The number of nitrogens with two attached hydrogens (primary N) is 1. The summed E-state index contributed by atoms with van der Waals surface area (Å²) in [7, 11) is 3.76. The third kappa shape index (κ3) is 3.76. The predicted octanol–water partition coefficient (Wildman–Crippen LogP) is 3.66. The predicted molar refractivity (Wildman–Crippen MR) is 89.6 cm³/mol. The van der Waals surface area contributed by atoms with E-state index >= 15 is 0 Å². The summed E-state index contributed by atoms with van der Waals surface area (Å²) in [6, 6.07) is 14.8. The minimum absolute atomic E-state index is 0.148. The lowest BCUT2D eigenvalue weighted by Gasteiger charge is -2.24. The summed E-state index contributed by atoms with van der Waals surface area (Å²) in [5, 5.41) is 0. The summed E-state index contributed by atoms with van der Waals surface area (Å²) in [5.41, 5.74) is 10.9. The van der Waals surface area contributed by atoms with Gasteiger partial charge in [0.15, 0.2) is 0 Å². The van der Waals surface area contributed by atoms with E-state index in [1.54, 1.807) is 7.11 Å². The smallest absolute Gasteiger partial charge is 0.119 e. The molecule has 0 saturated heterocycles. The van der Waals surface area contributed by atoms with Gasteiger partial charge in [0.05, 0.1) is 7.11 Å². The average Bonchev–Trinajstić information content (AvgIpc) is 2.46. The molecule has 112 valence electrons. The minimum atomic E-state index is 0.148. The lowest BCUT2D eigenvalue weighted by atomic mass is 10.0. The fourth-order valence-electron chi connectivity index (χ4n) is 2.50. The van der Waals surface area contributed by atoms with Gasteiger partial charge in [-0.1, -0.05) is 17.7 Å². The van der Waals surface area contributed by atoms with Crippen molar-refractivity contribution in [2.24, 2.45) is 5.73 Å². The molecule has 0 spiro atoms. The molecule has 1 atom stereocenters. The molecule has 21 heavy (non-hydrogen) atoms. The molecule has 0 heterocycles. The highest BCUT2D eigenvalue weighted by molar-refractivity contribution is 5.66. The van der Waals surface area contributed by atoms with Crippen LogP contribution in [0.25, 0.3) is 0 Å². The molecule has 0 bridgehead atoms. The van der Waals surface area contributed by atoms with Gasteiger partial charge in [0.2, 0.25) is 0 Å². The second-order valence-electron chi connectivity index (χ2n) is 5.57. The van der Waals surface area contributed by atoms with Crippen LogP contribution in [0, 0.1) is 6.92 Å². The molecular weight excluding hydrogens is 260 g/mol. The van der Waals surface area contributed by atoms with E-state index in [9.17, 15) is 0 Å². The zero-order valence-electron chi connectivity index (χ0n) is 13.3. The largest absolute Gasteiger partial charge is 0.497 e. The van der Waals surface area contributed by atoms with Crippen molar-refractivity contribution in [2.45, 2.75) is 26.3 Å². The van der Waals surface area contributed by atoms with Crippen LogP contribution in [0.4, 0.5) is 11.4 Å². The van der Waals surface area contributed by atoms with Crippen molar-refractivity contribution in [3.8, 4) is 5.75 Å². The number of anilines is 2. The number of nitrogens with zero attached hydrogens (tertiary/aromatic N) is 1. The van der Waals surface area contributed by atoms with Crippen molar-refractivity contribution >= 4 is 11.4 Å². The Labute approximate surface area is 127 Å². The number of benzene rings is 2. The highest BCUT2D eigenvalue weighted by Gasteiger charge is 2.11. The van der Waals surface area contributed by atoms with Crippen LogP contribution >= 0.6 is 0 Å². The van der Waals surface area contributed by atoms with E-state index in [-0.39, 0.29) is 6.04 Å². The molecule has 0 fully saturated rings. The highest BCUT2D eigenvalue weighted by atomic mass is 16.5. The number of ether oxygens (including phenoxy) is 1. The Morgan fingerprint density at radius 2 is 1.81 bits per heavy atom. The van der Waals surface area contributed by atoms with Gasteiger partial charge in [-0.2, -0.15) is 0 Å². The molecular formula is C18H24N2O. The van der Waals surface area contributed by atoms with E-state index in [1.807, 2.05) is 19.1 Å². The van der Waals surface area contributed by atoms with Crippen LogP contribution < -0.4 is 15.4 Å². The first-order chi connectivity index (χ1) is 10.0. The van der Waals surface area contributed by atoms with Gasteiger partial charge in [0, 0.05) is 24.5 Å². The van der Waals surface area contributed by atoms with E-state index < -0.39 is 0 Å². The fourth-order valence-corrected chi connectivity index (χ4v) is 2.50. The minimum Gasteiger partial charge on any atom is -0.497 e. The molecule has 2 rings (SSSR count). The second kappa shape index (κ2) is 6.64. The van der Waals surface area contributed by atoms with Gasteiger partial charge < -0.3 is 15.4 Å². The Bertz CT molecular complexity index is 591. The molecule has 2 aromatic carbocycles. The fraction of sp³-hybridized carbons (Fsp3) is 0.333. The van der Waals surface area contributed by atoms with Crippen LogP contribution in [-0.2, 0) is 6.42 Å². The van der Waals surface area contributed by atoms with Gasteiger partial charge in [-0.25, -0.2) is 0 Å². The number of hydrogen-bond donors (Lipinski definition) is 1. The molecule has 0 radical (unpaired) electrons. The maximum atomic E-state index is 5.99. The molecule has 2 aromatic rings. The molecule has 0 amide bonds. The summed E-state index contributed by atoms with van der Waals surface area (Å²) in [5.74, 6) is 0.867. The quantitative estimate of drug-likeness (QED) is 0.910. The lowest BCUT2D eigenvalue weighted by molar-refractivity contribution is 0.415. The van der Waals surface area contributed by atoms with E-state index in [0.29, 0.717) is 0 Å². The third-order valence-electron chi connectivity index (χ3n) is 3.60. The first-order valence-electron chi connectivity index (χ1n) is 7.24. The van der Waals surface area contributed by atoms with Gasteiger partial charge >= 0.3 is 0 Å². The number of methoxy groups -OCH3 is 1. The van der Waals surface area contributed by atoms with E-state index in [0.717, 1.165) is 17.9 Å². The van der Waals surface area contributed by atoms with Crippen LogP contribution in [0.3, 0.4) is 0 Å². The maximum Gasteiger partial charge on any atom is 0.119 e. The van der Waals surface area contributed by atoms with Crippen molar-refractivity contribution in [3.63, 3.8) is 0 Å². The lowest BCUT2D eigenvalue weighted by Crippen LogP contribution is -2.20. The summed E-state index contributed by atoms with van der Waals surface area (Å²) in [6.45, 7) is 4.15. The monoisotopic (exact) mass is 284 g/mol. The van der Waals surface area contributed by atoms with Crippen LogP contribution in [0.1, 0.15) is 18.1 Å². The van der Waals surface area contributed by atoms with Gasteiger partial charge in [-0.15, -0.1) is 0 Å². The van der Waals surface area contributed by atoms with Crippen molar-refractivity contribution < 1.29 is 4.74 Å². The Morgan fingerprint density at radius 3 is 2.38 bits per heavy atom. The molecule has 0 aliphatic heterocycles. The van der Waals surface area contributed by atoms with E-state index in [4.69, 9.17) is 10.5 Å². The van der Waals surface area contributed by atoms with Crippen molar-refractivity contribution in [1.82, 2.24) is 0 Å². The molecule has 3 nitrogen and oxygen atoms in total. The molecule has 0 aliphatic rings. The Balaban J connectivity index is 2.34. The summed E-state index contributed by atoms with van der Waals surface area (Å²) in [6.07, 6.45) is 0.873. The second-order valence-corrected chi connectivity index (χ2v) is 5.57. The molecule has 0 aliphatic carbocycles. The SMILES string of the molecule is COc1ccc(N(C)c2ccc(C)cc2CC(C)N)cc1. The molecule has 0 saturated carbocycles. The van der Waals surface area contributed by atoms with Crippen LogP contribution in [-0.4, -0.2) is 20.2 Å². The average molecular weight is 284 g/mol. The molecule has 2 N–H and O–H groups in total. The first kappa shape index (κ1) is 15.4. The van der Waals surface area contributed by atoms with Crippen molar-refractivity contribution in [1.29, 1.82) is 0 Å². The third-order valence-corrected chi connectivity index (χ3v) is 3.60. The normalized spacial score (nSPS) is 12.0. The Kier molecular flexibility index (Phi) is 4.86. The van der Waals surface area contributed by atoms with Crippen LogP contribution in [0.15, 0.2) is 42.5 Å².